The number of piperidine rings is 1. The number of likely N-dealkylation sites (tertiary alicyclic amines) is 1. The van der Waals surface area contributed by atoms with Gasteiger partial charge in [-0.15, -0.1) is 0 Å². The minimum Gasteiger partial charge on any atom is -0.351 e. The van der Waals surface area contributed by atoms with E-state index in [0.717, 1.165) is 49.4 Å². The Balaban J connectivity index is 1.23. The minimum absolute atomic E-state index is 0.0503. The second-order valence-corrected chi connectivity index (χ2v) is 8.26. The van der Waals surface area contributed by atoms with Gasteiger partial charge in [-0.2, -0.15) is 0 Å². The number of nitrogens with one attached hydrogen (secondary N) is 1. The standard InChI is InChI=1S/C24H27ClN4O/c25-22-9-5-4-8-21(22)16-27-23(30)18-28-13-10-19(11-14-28)17-29-15-12-26-24(29)20-6-2-1-3-7-20/h1-9,12,15,19H,10-11,13-14,16-18H2,(H,27,30). The third kappa shape index (κ3) is 5.29. The molecule has 1 N–H and O–H groups in total. The summed E-state index contributed by atoms with van der Waals surface area (Å²) in [6.07, 6.45) is 6.12. The molecule has 0 bridgehead atoms. The van der Waals surface area contributed by atoms with E-state index in [2.05, 4.69) is 38.1 Å². The average Bonchev–Trinajstić information content (AvgIpc) is 3.23. The first-order valence-electron chi connectivity index (χ1n) is 10.5. The highest BCUT2D eigenvalue weighted by molar-refractivity contribution is 6.31. The van der Waals surface area contributed by atoms with Gasteiger partial charge in [0.15, 0.2) is 0 Å². The molecule has 2 heterocycles. The zero-order valence-electron chi connectivity index (χ0n) is 17.0. The molecule has 156 valence electrons. The second kappa shape index (κ2) is 9.92. The van der Waals surface area contributed by atoms with E-state index in [0.29, 0.717) is 24.0 Å². The molecule has 5 nitrogen and oxygen atoms in total. The largest absolute Gasteiger partial charge is 0.351 e. The van der Waals surface area contributed by atoms with E-state index >= 15 is 0 Å². The summed E-state index contributed by atoms with van der Waals surface area (Å²) in [7, 11) is 0. The fraction of sp³-hybridized carbons (Fsp3) is 0.333. The third-order valence-electron chi connectivity index (χ3n) is 5.71. The lowest BCUT2D eigenvalue weighted by molar-refractivity contribution is -0.122. The van der Waals surface area contributed by atoms with Gasteiger partial charge < -0.3 is 9.88 Å². The summed E-state index contributed by atoms with van der Waals surface area (Å²) in [5.74, 6) is 1.68. The molecule has 30 heavy (non-hydrogen) atoms. The van der Waals surface area contributed by atoms with Crippen LogP contribution in [0.25, 0.3) is 11.4 Å². The smallest absolute Gasteiger partial charge is 0.234 e. The van der Waals surface area contributed by atoms with Crippen LogP contribution in [0.1, 0.15) is 18.4 Å². The van der Waals surface area contributed by atoms with E-state index in [1.54, 1.807) is 0 Å². The maximum atomic E-state index is 12.3. The van der Waals surface area contributed by atoms with Gasteiger partial charge in [0, 0.05) is 36.1 Å². The van der Waals surface area contributed by atoms with E-state index in [9.17, 15) is 4.79 Å². The summed E-state index contributed by atoms with van der Waals surface area (Å²) >= 11 is 6.16. The second-order valence-electron chi connectivity index (χ2n) is 7.86. The van der Waals surface area contributed by atoms with Crippen molar-refractivity contribution in [3.8, 4) is 11.4 Å². The van der Waals surface area contributed by atoms with Crippen LogP contribution in [0, 0.1) is 5.92 Å². The molecule has 6 heteroatoms. The van der Waals surface area contributed by atoms with Crippen molar-refractivity contribution in [1.82, 2.24) is 19.8 Å². The highest BCUT2D eigenvalue weighted by Gasteiger charge is 2.22. The molecule has 0 atom stereocenters. The highest BCUT2D eigenvalue weighted by Crippen LogP contribution is 2.23. The minimum atomic E-state index is 0.0503. The molecule has 1 aliphatic rings. The van der Waals surface area contributed by atoms with Crippen LogP contribution < -0.4 is 5.32 Å². The Kier molecular flexibility index (Phi) is 6.82. The van der Waals surface area contributed by atoms with Crippen LogP contribution in [0.3, 0.4) is 0 Å². The first kappa shape index (κ1) is 20.6. The van der Waals surface area contributed by atoms with Crippen molar-refractivity contribution in [2.45, 2.75) is 25.9 Å². The maximum absolute atomic E-state index is 12.3. The Morgan fingerprint density at radius 3 is 2.57 bits per heavy atom. The molecule has 1 amide bonds. The van der Waals surface area contributed by atoms with Crippen LogP contribution in [-0.4, -0.2) is 40.0 Å². The molecule has 0 aliphatic carbocycles. The number of hydrogen-bond acceptors (Lipinski definition) is 3. The molecule has 0 unspecified atom stereocenters. The number of amides is 1. The molecule has 2 aromatic carbocycles. The zero-order chi connectivity index (χ0) is 20.8. The third-order valence-corrected chi connectivity index (χ3v) is 6.08. The molecular weight excluding hydrogens is 396 g/mol. The van der Waals surface area contributed by atoms with Crippen molar-refractivity contribution in [2.75, 3.05) is 19.6 Å². The lowest BCUT2D eigenvalue weighted by Crippen LogP contribution is -2.41. The number of carbonyl (C=O) groups is 1. The van der Waals surface area contributed by atoms with E-state index in [1.165, 1.54) is 0 Å². The van der Waals surface area contributed by atoms with Gasteiger partial charge in [-0.3, -0.25) is 9.69 Å². The van der Waals surface area contributed by atoms with Crippen LogP contribution in [0.15, 0.2) is 67.0 Å². The van der Waals surface area contributed by atoms with Gasteiger partial charge in [-0.1, -0.05) is 60.1 Å². The topological polar surface area (TPSA) is 50.2 Å². The predicted octanol–water partition coefficient (Wildman–Crippen LogP) is 4.23. The van der Waals surface area contributed by atoms with Crippen LogP contribution in [0.4, 0.5) is 0 Å². The number of aromatic nitrogens is 2. The maximum Gasteiger partial charge on any atom is 0.234 e. The van der Waals surface area contributed by atoms with Crippen molar-refractivity contribution in [3.05, 3.63) is 77.6 Å². The molecular formula is C24H27ClN4O. The Hall–Kier alpha value is -2.63. The summed E-state index contributed by atoms with van der Waals surface area (Å²) in [6, 6.07) is 17.9. The van der Waals surface area contributed by atoms with Gasteiger partial charge in [-0.05, 0) is 43.5 Å². The number of halogens is 1. The zero-order valence-corrected chi connectivity index (χ0v) is 17.8. The van der Waals surface area contributed by atoms with Crippen LogP contribution in [0.2, 0.25) is 5.02 Å². The molecule has 1 aromatic heterocycles. The predicted molar refractivity (Wildman–Crippen MR) is 120 cm³/mol. The number of carbonyl (C=O) groups excluding carboxylic acids is 1. The lowest BCUT2D eigenvalue weighted by Gasteiger charge is -2.31. The van der Waals surface area contributed by atoms with Crippen molar-refractivity contribution in [3.63, 3.8) is 0 Å². The number of benzene rings is 2. The van der Waals surface area contributed by atoms with Gasteiger partial charge >= 0.3 is 0 Å². The molecule has 0 radical (unpaired) electrons. The number of hydrogen-bond donors (Lipinski definition) is 1. The van der Waals surface area contributed by atoms with Crippen LogP contribution in [-0.2, 0) is 17.9 Å². The molecule has 1 aliphatic heterocycles. The van der Waals surface area contributed by atoms with E-state index < -0.39 is 0 Å². The lowest BCUT2D eigenvalue weighted by atomic mass is 9.96. The first-order valence-corrected chi connectivity index (χ1v) is 10.9. The molecule has 1 saturated heterocycles. The molecule has 4 rings (SSSR count). The fourth-order valence-electron chi connectivity index (χ4n) is 4.00. The number of rotatable bonds is 7. The van der Waals surface area contributed by atoms with Gasteiger partial charge in [-0.25, -0.2) is 4.98 Å². The molecule has 3 aromatic rings. The normalized spacial score (nSPS) is 15.2. The number of imidazole rings is 1. The average molecular weight is 423 g/mol. The Bertz CT molecular complexity index is 964. The summed E-state index contributed by atoms with van der Waals surface area (Å²) in [5.41, 5.74) is 2.09. The van der Waals surface area contributed by atoms with Gasteiger partial charge in [0.25, 0.3) is 0 Å². The first-order chi connectivity index (χ1) is 14.7. The van der Waals surface area contributed by atoms with Gasteiger partial charge in [0.1, 0.15) is 5.82 Å². The van der Waals surface area contributed by atoms with Crippen molar-refractivity contribution < 1.29 is 4.79 Å². The van der Waals surface area contributed by atoms with E-state index in [-0.39, 0.29) is 5.91 Å². The fourth-order valence-corrected chi connectivity index (χ4v) is 4.21. The Morgan fingerprint density at radius 1 is 1.07 bits per heavy atom. The number of nitrogens with zero attached hydrogens (tertiary/aromatic N) is 3. The highest BCUT2D eigenvalue weighted by atomic mass is 35.5. The Labute approximate surface area is 182 Å². The van der Waals surface area contributed by atoms with Gasteiger partial charge in [0.2, 0.25) is 5.91 Å². The molecule has 0 spiro atoms. The van der Waals surface area contributed by atoms with E-state index in [4.69, 9.17) is 11.6 Å². The van der Waals surface area contributed by atoms with E-state index in [1.807, 2.05) is 48.7 Å². The summed E-state index contributed by atoms with van der Waals surface area (Å²) in [6.45, 7) is 3.77. The molecule has 0 saturated carbocycles. The van der Waals surface area contributed by atoms with Crippen LogP contribution >= 0.6 is 11.6 Å². The summed E-state index contributed by atoms with van der Waals surface area (Å²) < 4.78 is 2.26. The van der Waals surface area contributed by atoms with Crippen LogP contribution in [0.5, 0.6) is 0 Å². The van der Waals surface area contributed by atoms with Crippen molar-refractivity contribution in [1.29, 1.82) is 0 Å². The van der Waals surface area contributed by atoms with Gasteiger partial charge in [0.05, 0.1) is 6.54 Å². The van der Waals surface area contributed by atoms with Crippen molar-refractivity contribution in [2.24, 2.45) is 5.92 Å². The summed E-state index contributed by atoms with van der Waals surface area (Å²) in [5, 5.41) is 3.67. The summed E-state index contributed by atoms with van der Waals surface area (Å²) in [4.78, 5) is 19.1. The monoisotopic (exact) mass is 422 g/mol. The quantitative estimate of drug-likeness (QED) is 0.619. The Morgan fingerprint density at radius 2 is 1.80 bits per heavy atom. The van der Waals surface area contributed by atoms with Crippen molar-refractivity contribution >= 4 is 17.5 Å². The molecule has 1 fully saturated rings. The SMILES string of the molecule is O=C(CN1CCC(Cn2ccnc2-c2ccccc2)CC1)NCc1ccccc1Cl.